The molecule has 4 N–H and O–H groups in total. The Morgan fingerprint density at radius 2 is 2.14 bits per heavy atom. The molecule has 1 aromatic heterocycles. The van der Waals surface area contributed by atoms with Crippen LogP contribution in [0.1, 0.15) is 28.5 Å². The van der Waals surface area contributed by atoms with Crippen LogP contribution in [0, 0.1) is 5.82 Å². The molecule has 21 heavy (non-hydrogen) atoms. The van der Waals surface area contributed by atoms with Crippen molar-refractivity contribution in [1.29, 1.82) is 0 Å². The highest BCUT2D eigenvalue weighted by atomic mass is 32.1. The van der Waals surface area contributed by atoms with Gasteiger partial charge in [0.15, 0.2) is 5.84 Å². The molecular formula is C15H18FN3OS. The molecule has 0 aliphatic heterocycles. The summed E-state index contributed by atoms with van der Waals surface area (Å²) >= 11 is 1.70. The van der Waals surface area contributed by atoms with Crippen LogP contribution in [0.25, 0.3) is 0 Å². The molecule has 0 fully saturated rings. The van der Waals surface area contributed by atoms with Gasteiger partial charge in [0, 0.05) is 23.5 Å². The number of rotatable bonds is 6. The highest BCUT2D eigenvalue weighted by molar-refractivity contribution is 7.10. The van der Waals surface area contributed by atoms with Gasteiger partial charge in [-0.3, -0.25) is 0 Å². The Morgan fingerprint density at radius 3 is 2.86 bits per heavy atom. The Balaban J connectivity index is 2.04. The number of hydrogen-bond donors (Lipinski definition) is 3. The molecule has 4 nitrogen and oxygen atoms in total. The molecule has 0 bridgehead atoms. The highest BCUT2D eigenvalue weighted by Gasteiger charge is 2.11. The fourth-order valence-corrected chi connectivity index (χ4v) is 3.06. The van der Waals surface area contributed by atoms with Crippen molar-refractivity contribution in [2.75, 3.05) is 0 Å². The number of hydrogen-bond acceptors (Lipinski definition) is 4. The van der Waals surface area contributed by atoms with Crippen molar-refractivity contribution in [3.63, 3.8) is 0 Å². The van der Waals surface area contributed by atoms with Gasteiger partial charge in [0.05, 0.1) is 5.56 Å². The summed E-state index contributed by atoms with van der Waals surface area (Å²) in [5.41, 5.74) is 7.37. The first-order valence-corrected chi connectivity index (χ1v) is 7.56. The molecule has 1 heterocycles. The molecule has 0 aliphatic carbocycles. The van der Waals surface area contributed by atoms with Gasteiger partial charge in [-0.25, -0.2) is 4.39 Å². The van der Waals surface area contributed by atoms with E-state index in [0.29, 0.717) is 18.7 Å². The van der Waals surface area contributed by atoms with Crippen LogP contribution >= 0.6 is 11.3 Å². The van der Waals surface area contributed by atoms with Gasteiger partial charge in [0.25, 0.3) is 0 Å². The van der Waals surface area contributed by atoms with E-state index in [-0.39, 0.29) is 11.4 Å². The van der Waals surface area contributed by atoms with Gasteiger partial charge >= 0.3 is 0 Å². The lowest BCUT2D eigenvalue weighted by Gasteiger charge is -2.09. The molecule has 0 amide bonds. The van der Waals surface area contributed by atoms with Crippen molar-refractivity contribution < 1.29 is 9.60 Å². The van der Waals surface area contributed by atoms with Crippen molar-refractivity contribution in [2.24, 2.45) is 10.9 Å². The lowest BCUT2D eigenvalue weighted by atomic mass is 10.1. The van der Waals surface area contributed by atoms with E-state index in [2.05, 4.69) is 28.8 Å². The second kappa shape index (κ2) is 7.19. The lowest BCUT2D eigenvalue weighted by Crippen LogP contribution is -2.18. The van der Waals surface area contributed by atoms with Crippen LogP contribution in [-0.2, 0) is 19.5 Å². The molecule has 0 radical (unpaired) electrons. The molecule has 0 saturated heterocycles. The van der Waals surface area contributed by atoms with Gasteiger partial charge in [0.1, 0.15) is 5.82 Å². The third kappa shape index (κ3) is 3.59. The summed E-state index contributed by atoms with van der Waals surface area (Å²) in [4.78, 5) is 1.27. The number of halogens is 1. The summed E-state index contributed by atoms with van der Waals surface area (Å²) < 4.78 is 14.2. The zero-order valence-electron chi connectivity index (χ0n) is 11.8. The predicted molar refractivity (Wildman–Crippen MR) is 83.2 cm³/mol. The summed E-state index contributed by atoms with van der Waals surface area (Å²) in [7, 11) is 0. The third-order valence-electron chi connectivity index (χ3n) is 3.28. The standard InChI is InChI=1S/C15H18FN3OS/c1-2-10-6-7-21-13(10)9-18-8-11-4-3-5-12(14(11)16)15(17)19-20/h3-7,18,20H,2,8-9H2,1H3,(H2,17,19). The molecule has 112 valence electrons. The number of amidine groups is 1. The molecule has 0 unspecified atom stereocenters. The Morgan fingerprint density at radius 1 is 1.33 bits per heavy atom. The minimum absolute atomic E-state index is 0.113. The topological polar surface area (TPSA) is 70.6 Å². The fraction of sp³-hybridized carbons (Fsp3) is 0.267. The molecule has 2 rings (SSSR count). The Labute approximate surface area is 127 Å². The zero-order valence-corrected chi connectivity index (χ0v) is 12.6. The van der Waals surface area contributed by atoms with E-state index in [4.69, 9.17) is 10.9 Å². The normalized spacial score (nSPS) is 11.8. The van der Waals surface area contributed by atoms with Crippen molar-refractivity contribution >= 4 is 17.2 Å². The second-order valence-corrected chi connectivity index (χ2v) is 5.59. The van der Waals surface area contributed by atoms with E-state index in [9.17, 15) is 4.39 Å². The maximum Gasteiger partial charge on any atom is 0.173 e. The first-order chi connectivity index (χ1) is 10.2. The second-order valence-electron chi connectivity index (χ2n) is 4.59. The summed E-state index contributed by atoms with van der Waals surface area (Å²) in [6, 6.07) is 6.98. The van der Waals surface area contributed by atoms with Crippen LogP contribution < -0.4 is 11.1 Å². The van der Waals surface area contributed by atoms with Crippen LogP contribution in [0.15, 0.2) is 34.8 Å². The van der Waals surface area contributed by atoms with Gasteiger partial charge in [-0.05, 0) is 29.5 Å². The maximum atomic E-state index is 14.2. The smallest absolute Gasteiger partial charge is 0.173 e. The Hall–Kier alpha value is -1.92. The van der Waals surface area contributed by atoms with E-state index in [0.717, 1.165) is 6.42 Å². The Bertz CT molecular complexity index is 640. The number of nitrogens with zero attached hydrogens (tertiary/aromatic N) is 1. The van der Waals surface area contributed by atoms with E-state index < -0.39 is 5.82 Å². The number of nitrogens with two attached hydrogens (primary N) is 1. The van der Waals surface area contributed by atoms with Gasteiger partial charge in [-0.1, -0.05) is 24.2 Å². The monoisotopic (exact) mass is 307 g/mol. The lowest BCUT2D eigenvalue weighted by molar-refractivity contribution is 0.318. The summed E-state index contributed by atoms with van der Waals surface area (Å²) in [5, 5.41) is 16.8. The summed E-state index contributed by atoms with van der Waals surface area (Å²) in [6.07, 6.45) is 0.994. The molecule has 6 heteroatoms. The first kappa shape index (κ1) is 15.5. The Kier molecular flexibility index (Phi) is 5.30. The van der Waals surface area contributed by atoms with Crippen molar-refractivity contribution in [3.8, 4) is 0 Å². The number of aryl methyl sites for hydroxylation is 1. The van der Waals surface area contributed by atoms with E-state index in [1.165, 1.54) is 16.5 Å². The van der Waals surface area contributed by atoms with Crippen LogP contribution in [0.2, 0.25) is 0 Å². The summed E-state index contributed by atoms with van der Waals surface area (Å²) in [5.74, 6) is -0.678. The van der Waals surface area contributed by atoms with Crippen molar-refractivity contribution in [1.82, 2.24) is 5.32 Å². The molecular weight excluding hydrogens is 289 g/mol. The van der Waals surface area contributed by atoms with Crippen LogP contribution in [0.3, 0.4) is 0 Å². The van der Waals surface area contributed by atoms with Crippen LogP contribution in [0.5, 0.6) is 0 Å². The maximum absolute atomic E-state index is 14.2. The van der Waals surface area contributed by atoms with Crippen LogP contribution in [-0.4, -0.2) is 11.0 Å². The highest BCUT2D eigenvalue weighted by Crippen LogP contribution is 2.18. The minimum atomic E-state index is -0.456. The van der Waals surface area contributed by atoms with E-state index >= 15 is 0 Å². The van der Waals surface area contributed by atoms with Crippen LogP contribution in [0.4, 0.5) is 4.39 Å². The number of benzene rings is 1. The average molecular weight is 307 g/mol. The molecule has 0 aliphatic rings. The minimum Gasteiger partial charge on any atom is -0.409 e. The number of oxime groups is 1. The first-order valence-electron chi connectivity index (χ1n) is 6.68. The molecule has 0 atom stereocenters. The van der Waals surface area contributed by atoms with Crippen molar-refractivity contribution in [3.05, 3.63) is 57.0 Å². The fourth-order valence-electron chi connectivity index (χ4n) is 2.12. The van der Waals surface area contributed by atoms with Gasteiger partial charge in [-0.2, -0.15) is 0 Å². The number of thiophene rings is 1. The van der Waals surface area contributed by atoms with Crippen molar-refractivity contribution in [2.45, 2.75) is 26.4 Å². The van der Waals surface area contributed by atoms with E-state index in [1.807, 2.05) is 0 Å². The zero-order chi connectivity index (χ0) is 15.2. The SMILES string of the molecule is CCc1ccsc1CNCc1cccc(/C(N)=N/O)c1F. The largest absolute Gasteiger partial charge is 0.409 e. The molecule has 0 spiro atoms. The van der Waals surface area contributed by atoms with Gasteiger partial charge < -0.3 is 16.3 Å². The molecule has 2 aromatic rings. The van der Waals surface area contributed by atoms with E-state index in [1.54, 1.807) is 23.5 Å². The van der Waals surface area contributed by atoms with Gasteiger partial charge in [-0.15, -0.1) is 11.3 Å². The van der Waals surface area contributed by atoms with Gasteiger partial charge in [0.2, 0.25) is 0 Å². The molecule has 1 aromatic carbocycles. The quantitative estimate of drug-likeness (QED) is 0.333. The third-order valence-corrected chi connectivity index (χ3v) is 4.25. The molecule has 0 saturated carbocycles. The summed E-state index contributed by atoms with van der Waals surface area (Å²) in [6.45, 7) is 3.21. The predicted octanol–water partition coefficient (Wildman–Crippen LogP) is 2.83. The number of nitrogens with one attached hydrogen (secondary N) is 1. The average Bonchev–Trinajstić information content (AvgIpc) is 2.95.